The zero-order chi connectivity index (χ0) is 9.68. The molecule has 1 rings (SSSR count). The van der Waals surface area contributed by atoms with Crippen molar-refractivity contribution in [3.8, 4) is 12.3 Å². The predicted molar refractivity (Wildman–Crippen MR) is 49.0 cm³/mol. The van der Waals surface area contributed by atoms with E-state index in [-0.39, 0.29) is 11.9 Å². The SMILES string of the molecule is C#CCC(C)NC(=O)c1cn[nH]c1. The predicted octanol–water partition coefficient (Wildman–Crippen LogP) is 0.551. The summed E-state index contributed by atoms with van der Waals surface area (Å²) >= 11 is 0. The third-order valence-corrected chi connectivity index (χ3v) is 1.56. The number of amides is 1. The monoisotopic (exact) mass is 177 g/mol. The zero-order valence-electron chi connectivity index (χ0n) is 7.37. The first kappa shape index (κ1) is 9.33. The van der Waals surface area contributed by atoms with E-state index in [4.69, 9.17) is 6.42 Å². The van der Waals surface area contributed by atoms with Crippen LogP contribution in [0.1, 0.15) is 23.7 Å². The maximum atomic E-state index is 11.4. The molecule has 0 fully saturated rings. The molecule has 0 saturated carbocycles. The van der Waals surface area contributed by atoms with Crippen LogP contribution in [0, 0.1) is 12.3 Å². The number of aromatic amines is 1. The molecule has 4 heteroatoms. The minimum atomic E-state index is -0.156. The van der Waals surface area contributed by atoms with Gasteiger partial charge in [-0.15, -0.1) is 12.3 Å². The second kappa shape index (κ2) is 4.31. The van der Waals surface area contributed by atoms with Gasteiger partial charge in [-0.05, 0) is 6.92 Å². The van der Waals surface area contributed by atoms with E-state index in [1.165, 1.54) is 12.4 Å². The van der Waals surface area contributed by atoms with Crippen LogP contribution in [-0.2, 0) is 0 Å². The Bertz CT molecular complexity index is 310. The number of hydrogen-bond donors (Lipinski definition) is 2. The Morgan fingerprint density at radius 2 is 2.69 bits per heavy atom. The number of nitrogens with one attached hydrogen (secondary N) is 2. The van der Waals surface area contributed by atoms with Gasteiger partial charge in [0.15, 0.2) is 0 Å². The van der Waals surface area contributed by atoms with Gasteiger partial charge < -0.3 is 5.32 Å². The Balaban J connectivity index is 2.48. The number of hydrogen-bond acceptors (Lipinski definition) is 2. The quantitative estimate of drug-likeness (QED) is 0.662. The molecule has 1 heterocycles. The summed E-state index contributed by atoms with van der Waals surface area (Å²) in [7, 11) is 0. The third kappa shape index (κ3) is 2.64. The molecule has 1 amide bonds. The van der Waals surface area contributed by atoms with E-state index in [1.807, 2.05) is 6.92 Å². The Morgan fingerprint density at radius 3 is 3.23 bits per heavy atom. The highest BCUT2D eigenvalue weighted by Gasteiger charge is 2.08. The maximum absolute atomic E-state index is 11.4. The highest BCUT2D eigenvalue weighted by molar-refractivity contribution is 5.93. The fourth-order valence-electron chi connectivity index (χ4n) is 0.910. The largest absolute Gasteiger partial charge is 0.349 e. The minimum Gasteiger partial charge on any atom is -0.349 e. The number of H-pyrrole nitrogens is 1. The lowest BCUT2D eigenvalue weighted by molar-refractivity contribution is 0.0941. The van der Waals surface area contributed by atoms with Crippen molar-refractivity contribution in [2.75, 3.05) is 0 Å². The van der Waals surface area contributed by atoms with Gasteiger partial charge in [-0.3, -0.25) is 9.89 Å². The molecular weight excluding hydrogens is 166 g/mol. The molecule has 68 valence electrons. The van der Waals surface area contributed by atoms with Crippen LogP contribution in [0.15, 0.2) is 12.4 Å². The molecule has 0 aliphatic carbocycles. The van der Waals surface area contributed by atoms with E-state index in [9.17, 15) is 4.79 Å². The van der Waals surface area contributed by atoms with Crippen molar-refractivity contribution >= 4 is 5.91 Å². The summed E-state index contributed by atoms with van der Waals surface area (Å²) in [4.78, 5) is 11.4. The van der Waals surface area contributed by atoms with Crippen molar-refractivity contribution in [1.29, 1.82) is 0 Å². The summed E-state index contributed by atoms with van der Waals surface area (Å²) in [6, 6.07) is -0.00704. The van der Waals surface area contributed by atoms with E-state index >= 15 is 0 Å². The molecule has 1 atom stereocenters. The molecule has 2 N–H and O–H groups in total. The fourth-order valence-corrected chi connectivity index (χ4v) is 0.910. The summed E-state index contributed by atoms with van der Waals surface area (Å²) in [5.74, 6) is 2.32. The molecule has 0 aromatic carbocycles. The molecule has 0 saturated heterocycles. The Labute approximate surface area is 76.7 Å². The summed E-state index contributed by atoms with van der Waals surface area (Å²) in [6.07, 6.45) is 8.65. The van der Waals surface area contributed by atoms with Gasteiger partial charge in [0, 0.05) is 18.7 Å². The number of carbonyl (C=O) groups excluding carboxylic acids is 1. The van der Waals surface area contributed by atoms with Crippen molar-refractivity contribution in [3.63, 3.8) is 0 Å². The number of carbonyl (C=O) groups is 1. The molecule has 4 nitrogen and oxygen atoms in total. The Kier molecular flexibility index (Phi) is 3.09. The number of nitrogens with zero attached hydrogens (tertiary/aromatic N) is 1. The van der Waals surface area contributed by atoms with Crippen molar-refractivity contribution in [3.05, 3.63) is 18.0 Å². The highest BCUT2D eigenvalue weighted by atomic mass is 16.1. The fraction of sp³-hybridized carbons (Fsp3) is 0.333. The van der Waals surface area contributed by atoms with Gasteiger partial charge in [0.1, 0.15) is 0 Å². The van der Waals surface area contributed by atoms with E-state index in [2.05, 4.69) is 21.4 Å². The average molecular weight is 177 g/mol. The molecule has 1 aromatic heterocycles. The Hall–Kier alpha value is -1.76. The first-order valence-electron chi connectivity index (χ1n) is 3.97. The van der Waals surface area contributed by atoms with Crippen LogP contribution >= 0.6 is 0 Å². The normalized spacial score (nSPS) is 11.7. The first-order chi connectivity index (χ1) is 6.24. The standard InChI is InChI=1S/C9H11N3O/c1-3-4-7(2)12-9(13)8-5-10-11-6-8/h1,5-7H,4H2,2H3,(H,10,11)(H,12,13). The summed E-state index contributed by atoms with van der Waals surface area (Å²) in [6.45, 7) is 1.86. The number of rotatable bonds is 3. The number of aromatic nitrogens is 2. The number of terminal acetylenes is 1. The highest BCUT2D eigenvalue weighted by Crippen LogP contribution is 1.95. The molecule has 0 aliphatic rings. The second-order valence-corrected chi connectivity index (χ2v) is 2.77. The van der Waals surface area contributed by atoms with E-state index < -0.39 is 0 Å². The molecule has 0 radical (unpaired) electrons. The molecule has 1 unspecified atom stereocenters. The molecule has 13 heavy (non-hydrogen) atoms. The maximum Gasteiger partial charge on any atom is 0.254 e. The van der Waals surface area contributed by atoms with Gasteiger partial charge in [-0.2, -0.15) is 5.10 Å². The third-order valence-electron chi connectivity index (χ3n) is 1.56. The van der Waals surface area contributed by atoms with Crippen LogP contribution < -0.4 is 5.32 Å². The molecule has 0 bridgehead atoms. The van der Waals surface area contributed by atoms with E-state index in [1.54, 1.807) is 0 Å². The van der Waals surface area contributed by atoms with Gasteiger partial charge in [0.05, 0.1) is 11.8 Å². The summed E-state index contributed by atoms with van der Waals surface area (Å²) in [5, 5.41) is 8.98. The van der Waals surface area contributed by atoms with Gasteiger partial charge in [-0.1, -0.05) is 0 Å². The van der Waals surface area contributed by atoms with Crippen molar-refractivity contribution in [2.45, 2.75) is 19.4 Å². The van der Waals surface area contributed by atoms with Crippen molar-refractivity contribution in [1.82, 2.24) is 15.5 Å². The van der Waals surface area contributed by atoms with Crippen LogP contribution in [-0.4, -0.2) is 22.1 Å². The summed E-state index contributed by atoms with van der Waals surface area (Å²) < 4.78 is 0. The van der Waals surface area contributed by atoms with Crippen LogP contribution in [0.25, 0.3) is 0 Å². The molecule has 0 spiro atoms. The van der Waals surface area contributed by atoms with Gasteiger partial charge in [-0.25, -0.2) is 0 Å². The van der Waals surface area contributed by atoms with Gasteiger partial charge in [0.2, 0.25) is 0 Å². The minimum absolute atomic E-state index is 0.00704. The first-order valence-corrected chi connectivity index (χ1v) is 3.97. The average Bonchev–Trinajstić information content (AvgIpc) is 2.55. The van der Waals surface area contributed by atoms with Crippen molar-refractivity contribution < 1.29 is 4.79 Å². The topological polar surface area (TPSA) is 57.8 Å². The lowest BCUT2D eigenvalue weighted by Crippen LogP contribution is -2.31. The smallest absolute Gasteiger partial charge is 0.254 e. The lowest BCUT2D eigenvalue weighted by atomic mass is 10.2. The molecule has 0 aliphatic heterocycles. The van der Waals surface area contributed by atoms with E-state index in [0.717, 1.165) is 0 Å². The van der Waals surface area contributed by atoms with Gasteiger partial charge >= 0.3 is 0 Å². The van der Waals surface area contributed by atoms with Crippen molar-refractivity contribution in [2.24, 2.45) is 0 Å². The van der Waals surface area contributed by atoms with Gasteiger partial charge in [0.25, 0.3) is 5.91 Å². The molecule has 1 aromatic rings. The zero-order valence-corrected chi connectivity index (χ0v) is 7.37. The second-order valence-electron chi connectivity index (χ2n) is 2.77. The lowest BCUT2D eigenvalue weighted by Gasteiger charge is -2.08. The Morgan fingerprint density at radius 1 is 1.92 bits per heavy atom. The van der Waals surface area contributed by atoms with Crippen LogP contribution in [0.2, 0.25) is 0 Å². The van der Waals surface area contributed by atoms with Crippen LogP contribution in [0.5, 0.6) is 0 Å². The summed E-state index contributed by atoms with van der Waals surface area (Å²) in [5.41, 5.74) is 0.517. The molecular formula is C9H11N3O. The van der Waals surface area contributed by atoms with Crippen LogP contribution in [0.4, 0.5) is 0 Å². The van der Waals surface area contributed by atoms with E-state index in [0.29, 0.717) is 12.0 Å². The van der Waals surface area contributed by atoms with Crippen LogP contribution in [0.3, 0.4) is 0 Å².